The molecule has 0 spiro atoms. The predicted octanol–water partition coefficient (Wildman–Crippen LogP) is 2.57. The highest BCUT2D eigenvalue weighted by Crippen LogP contribution is 2.57. The van der Waals surface area contributed by atoms with E-state index in [1.165, 1.54) is 0 Å². The summed E-state index contributed by atoms with van der Waals surface area (Å²) in [6, 6.07) is 0. The number of rotatable bonds is 2. The van der Waals surface area contributed by atoms with Crippen molar-refractivity contribution >= 4 is 0 Å². The first-order valence-electron chi connectivity index (χ1n) is 5.36. The van der Waals surface area contributed by atoms with Crippen LogP contribution >= 0.6 is 0 Å². The number of allylic oxidation sites excluding steroid dienone is 3. The van der Waals surface area contributed by atoms with Crippen LogP contribution in [0.2, 0.25) is 0 Å². The highest BCUT2D eigenvalue weighted by molar-refractivity contribution is 5.31. The molecule has 3 aliphatic rings. The minimum atomic E-state index is -0.0919. The van der Waals surface area contributed by atoms with Gasteiger partial charge in [0.1, 0.15) is 0 Å². The Morgan fingerprint density at radius 3 is 2.86 bits per heavy atom. The van der Waals surface area contributed by atoms with E-state index < -0.39 is 0 Å². The van der Waals surface area contributed by atoms with Crippen molar-refractivity contribution in [3.8, 4) is 0 Å². The molecule has 1 heteroatoms. The fourth-order valence-corrected chi connectivity index (χ4v) is 3.61. The number of ether oxygens (including phenoxy) is 1. The SMILES string of the molecule is C=C[C@@]1(OC)C[C@H]2C=C[C@H]3C=C[C@H]1[C@@H]32. The van der Waals surface area contributed by atoms with Crippen LogP contribution in [-0.4, -0.2) is 12.7 Å². The van der Waals surface area contributed by atoms with E-state index in [1.54, 1.807) is 0 Å². The predicted molar refractivity (Wildman–Crippen MR) is 56.8 cm³/mol. The Kier molecular flexibility index (Phi) is 1.58. The van der Waals surface area contributed by atoms with Crippen molar-refractivity contribution in [1.82, 2.24) is 0 Å². The van der Waals surface area contributed by atoms with E-state index >= 15 is 0 Å². The molecule has 1 fully saturated rings. The van der Waals surface area contributed by atoms with Crippen molar-refractivity contribution in [2.45, 2.75) is 12.0 Å². The van der Waals surface area contributed by atoms with Crippen molar-refractivity contribution in [3.05, 3.63) is 37.0 Å². The van der Waals surface area contributed by atoms with Gasteiger partial charge in [-0.3, -0.25) is 0 Å². The lowest BCUT2D eigenvalue weighted by atomic mass is 9.85. The summed E-state index contributed by atoms with van der Waals surface area (Å²) in [6.45, 7) is 3.95. The monoisotopic (exact) mass is 188 g/mol. The zero-order valence-corrected chi connectivity index (χ0v) is 8.52. The molecule has 0 unspecified atom stereocenters. The van der Waals surface area contributed by atoms with Crippen molar-refractivity contribution in [2.75, 3.05) is 7.11 Å². The maximum Gasteiger partial charge on any atom is 0.0927 e. The Morgan fingerprint density at radius 1 is 1.36 bits per heavy atom. The summed E-state index contributed by atoms with van der Waals surface area (Å²) < 4.78 is 5.71. The van der Waals surface area contributed by atoms with Gasteiger partial charge in [0.05, 0.1) is 5.60 Å². The van der Waals surface area contributed by atoms with Gasteiger partial charge in [-0.1, -0.05) is 30.4 Å². The Balaban J connectivity index is 2.04. The van der Waals surface area contributed by atoms with Crippen LogP contribution in [0.25, 0.3) is 0 Å². The van der Waals surface area contributed by atoms with Gasteiger partial charge in [0.2, 0.25) is 0 Å². The average molecular weight is 188 g/mol. The maximum atomic E-state index is 5.71. The second kappa shape index (κ2) is 2.60. The highest BCUT2D eigenvalue weighted by Gasteiger charge is 2.55. The molecule has 0 heterocycles. The van der Waals surface area contributed by atoms with Crippen LogP contribution in [0.5, 0.6) is 0 Å². The smallest absolute Gasteiger partial charge is 0.0927 e. The quantitative estimate of drug-likeness (QED) is 0.605. The molecule has 0 aromatic carbocycles. The first-order valence-corrected chi connectivity index (χ1v) is 5.36. The lowest BCUT2D eigenvalue weighted by Crippen LogP contribution is -2.33. The molecule has 3 aliphatic carbocycles. The highest BCUT2D eigenvalue weighted by atomic mass is 16.5. The molecule has 0 bridgehead atoms. The van der Waals surface area contributed by atoms with E-state index in [4.69, 9.17) is 4.74 Å². The van der Waals surface area contributed by atoms with Crippen LogP contribution < -0.4 is 0 Å². The van der Waals surface area contributed by atoms with Crippen LogP contribution in [0.1, 0.15) is 6.42 Å². The lowest BCUT2D eigenvalue weighted by Gasteiger charge is -2.29. The van der Waals surface area contributed by atoms with Gasteiger partial charge >= 0.3 is 0 Å². The van der Waals surface area contributed by atoms with Crippen molar-refractivity contribution in [3.63, 3.8) is 0 Å². The fourth-order valence-electron chi connectivity index (χ4n) is 3.61. The Morgan fingerprint density at radius 2 is 2.14 bits per heavy atom. The van der Waals surface area contributed by atoms with Crippen molar-refractivity contribution < 1.29 is 4.74 Å². The third-order valence-corrected chi connectivity index (χ3v) is 4.32. The number of hydrogen-bond donors (Lipinski definition) is 0. The standard InChI is InChI=1S/C13H16O/c1-3-13(14-2)8-10-5-4-9-6-7-11(13)12(9)10/h3-7,9-12H,1,8H2,2H3/t9-,10+,11-,12-,13+/m0/s1. The zero-order chi connectivity index (χ0) is 9.76. The molecule has 0 aliphatic heterocycles. The van der Waals surface area contributed by atoms with Crippen LogP contribution in [-0.2, 0) is 4.74 Å². The second-order valence-electron chi connectivity index (χ2n) is 4.68. The van der Waals surface area contributed by atoms with Gasteiger partial charge in [0, 0.05) is 13.0 Å². The molecule has 74 valence electrons. The first kappa shape index (κ1) is 8.49. The minimum Gasteiger partial charge on any atom is -0.374 e. The van der Waals surface area contributed by atoms with Crippen LogP contribution in [0.15, 0.2) is 37.0 Å². The molecule has 0 N–H and O–H groups in total. The van der Waals surface area contributed by atoms with Crippen molar-refractivity contribution in [1.29, 1.82) is 0 Å². The van der Waals surface area contributed by atoms with Crippen molar-refractivity contribution in [2.24, 2.45) is 23.7 Å². The molecule has 0 saturated heterocycles. The van der Waals surface area contributed by atoms with Gasteiger partial charge in [0.15, 0.2) is 0 Å². The molecule has 3 rings (SSSR count). The fraction of sp³-hybridized carbons (Fsp3) is 0.538. The Bertz CT molecular complexity index is 328. The zero-order valence-electron chi connectivity index (χ0n) is 8.52. The third kappa shape index (κ3) is 0.795. The van der Waals surface area contributed by atoms with Gasteiger partial charge in [-0.05, 0) is 24.2 Å². The van der Waals surface area contributed by atoms with E-state index in [9.17, 15) is 0 Å². The van der Waals surface area contributed by atoms with Crippen LogP contribution in [0.3, 0.4) is 0 Å². The average Bonchev–Trinajstić information content (AvgIpc) is 2.85. The lowest BCUT2D eigenvalue weighted by molar-refractivity contribution is 0.00881. The largest absolute Gasteiger partial charge is 0.374 e. The van der Waals surface area contributed by atoms with Gasteiger partial charge in [-0.25, -0.2) is 0 Å². The summed E-state index contributed by atoms with van der Waals surface area (Å²) in [5, 5.41) is 0. The maximum absolute atomic E-state index is 5.71. The van der Waals surface area contributed by atoms with E-state index in [2.05, 4.69) is 30.9 Å². The number of methoxy groups -OCH3 is 1. The Hall–Kier alpha value is -0.820. The third-order valence-electron chi connectivity index (χ3n) is 4.32. The summed E-state index contributed by atoms with van der Waals surface area (Å²) in [6.07, 6.45) is 12.5. The summed E-state index contributed by atoms with van der Waals surface area (Å²) in [5.74, 6) is 2.68. The summed E-state index contributed by atoms with van der Waals surface area (Å²) in [7, 11) is 1.81. The molecular weight excluding hydrogens is 172 g/mol. The summed E-state index contributed by atoms with van der Waals surface area (Å²) >= 11 is 0. The topological polar surface area (TPSA) is 9.23 Å². The van der Waals surface area contributed by atoms with E-state index in [0.29, 0.717) is 17.8 Å². The molecule has 0 amide bonds. The second-order valence-corrected chi connectivity index (χ2v) is 4.68. The number of hydrogen-bond acceptors (Lipinski definition) is 1. The molecule has 0 radical (unpaired) electrons. The van der Waals surface area contributed by atoms with E-state index in [-0.39, 0.29) is 5.60 Å². The molecule has 14 heavy (non-hydrogen) atoms. The molecular formula is C13H16O. The minimum absolute atomic E-state index is 0.0919. The summed E-state index contributed by atoms with van der Waals surface area (Å²) in [4.78, 5) is 0. The molecule has 1 saturated carbocycles. The van der Waals surface area contributed by atoms with Gasteiger partial charge in [-0.2, -0.15) is 0 Å². The Labute approximate surface area is 85.1 Å². The molecule has 0 aromatic rings. The molecule has 1 nitrogen and oxygen atoms in total. The van der Waals surface area contributed by atoms with Gasteiger partial charge < -0.3 is 4.74 Å². The van der Waals surface area contributed by atoms with Gasteiger partial charge in [-0.15, -0.1) is 6.58 Å². The van der Waals surface area contributed by atoms with Crippen LogP contribution in [0, 0.1) is 23.7 Å². The summed E-state index contributed by atoms with van der Waals surface area (Å²) in [5.41, 5.74) is -0.0919. The van der Waals surface area contributed by atoms with E-state index in [0.717, 1.165) is 12.3 Å². The normalized spacial score (nSPS) is 52.6. The first-order chi connectivity index (χ1) is 6.80. The van der Waals surface area contributed by atoms with Gasteiger partial charge in [0.25, 0.3) is 0 Å². The molecule has 5 atom stereocenters. The molecule has 0 aromatic heterocycles. The van der Waals surface area contributed by atoms with Crippen LogP contribution in [0.4, 0.5) is 0 Å². The van der Waals surface area contributed by atoms with E-state index in [1.807, 2.05) is 13.2 Å².